The Hall–Kier alpha value is -1.11. The van der Waals surface area contributed by atoms with Gasteiger partial charge in [0.2, 0.25) is 11.8 Å². The maximum Gasteiger partial charge on any atom is 0.246 e. The minimum atomic E-state index is -3.16. The Morgan fingerprint density at radius 2 is 1.86 bits per heavy atom. The number of carbonyl (C=O) groups excluding carboxylic acids is 2. The molecule has 0 radical (unpaired) electrons. The predicted molar refractivity (Wildman–Crippen MR) is 79.4 cm³/mol. The third kappa shape index (κ3) is 3.39. The van der Waals surface area contributed by atoms with Gasteiger partial charge in [-0.15, -0.1) is 0 Å². The summed E-state index contributed by atoms with van der Waals surface area (Å²) in [5.41, 5.74) is 0. The van der Waals surface area contributed by atoms with E-state index in [0.29, 0.717) is 13.0 Å². The molecule has 2 aliphatic heterocycles. The van der Waals surface area contributed by atoms with Crippen LogP contribution in [0.3, 0.4) is 0 Å². The van der Waals surface area contributed by atoms with Crippen molar-refractivity contribution in [2.24, 2.45) is 5.92 Å². The Kier molecular flexibility index (Phi) is 4.60. The fraction of sp³-hybridized carbons (Fsp3) is 0.857. The number of rotatable bonds is 4. The van der Waals surface area contributed by atoms with Gasteiger partial charge in [0, 0.05) is 19.3 Å². The largest absolute Gasteiger partial charge is 0.329 e. The van der Waals surface area contributed by atoms with Gasteiger partial charge >= 0.3 is 0 Å². The van der Waals surface area contributed by atoms with E-state index in [0.717, 1.165) is 19.1 Å². The summed E-state index contributed by atoms with van der Waals surface area (Å²) >= 11 is 0. The standard InChI is InChI=1S/C14H24N2O4S/c1-10(2)12-14(18)15-7-5-4-6-11(15)13(17)16(12)8-9-21(3,19)20/h10-12H,4-9H2,1-3H3. The highest BCUT2D eigenvalue weighted by atomic mass is 32.2. The fourth-order valence-electron chi connectivity index (χ4n) is 3.24. The lowest BCUT2D eigenvalue weighted by molar-refractivity contribution is -0.165. The summed E-state index contributed by atoms with van der Waals surface area (Å²) < 4.78 is 22.8. The molecule has 2 rings (SSSR count). The van der Waals surface area contributed by atoms with E-state index in [1.165, 1.54) is 4.90 Å². The highest BCUT2D eigenvalue weighted by Gasteiger charge is 2.47. The number of nitrogens with zero attached hydrogens (tertiary/aromatic N) is 2. The molecular formula is C14H24N2O4S. The van der Waals surface area contributed by atoms with Crippen molar-refractivity contribution >= 4 is 21.7 Å². The van der Waals surface area contributed by atoms with E-state index in [2.05, 4.69) is 0 Å². The summed E-state index contributed by atoms with van der Waals surface area (Å²) in [6, 6.07) is -0.922. The summed E-state index contributed by atoms with van der Waals surface area (Å²) in [6.45, 7) is 4.54. The van der Waals surface area contributed by atoms with E-state index >= 15 is 0 Å². The third-order valence-electron chi connectivity index (χ3n) is 4.28. The van der Waals surface area contributed by atoms with Crippen molar-refractivity contribution in [3.8, 4) is 0 Å². The molecule has 2 unspecified atom stereocenters. The van der Waals surface area contributed by atoms with Crippen LogP contribution >= 0.6 is 0 Å². The molecule has 2 heterocycles. The molecule has 6 nitrogen and oxygen atoms in total. The van der Waals surface area contributed by atoms with Crippen molar-refractivity contribution < 1.29 is 18.0 Å². The van der Waals surface area contributed by atoms with E-state index in [1.807, 2.05) is 13.8 Å². The van der Waals surface area contributed by atoms with Gasteiger partial charge in [-0.2, -0.15) is 0 Å². The Bertz CT molecular complexity index is 529. The summed E-state index contributed by atoms with van der Waals surface area (Å²) in [5, 5.41) is 0. The number of piperidine rings is 1. The van der Waals surface area contributed by atoms with Crippen LogP contribution in [0.1, 0.15) is 33.1 Å². The Balaban J connectivity index is 2.26. The number of carbonyl (C=O) groups is 2. The van der Waals surface area contributed by atoms with Crippen molar-refractivity contribution in [3.05, 3.63) is 0 Å². The van der Waals surface area contributed by atoms with Crippen LogP contribution in [0.25, 0.3) is 0 Å². The molecule has 21 heavy (non-hydrogen) atoms. The SMILES string of the molecule is CC(C)C1C(=O)N2CCCCC2C(=O)N1CCS(C)(=O)=O. The fourth-order valence-corrected chi connectivity index (χ4v) is 3.77. The summed E-state index contributed by atoms with van der Waals surface area (Å²) in [4.78, 5) is 28.5. The van der Waals surface area contributed by atoms with Crippen LogP contribution in [0.4, 0.5) is 0 Å². The third-order valence-corrected chi connectivity index (χ3v) is 5.20. The Morgan fingerprint density at radius 1 is 1.19 bits per heavy atom. The first kappa shape index (κ1) is 16.3. The minimum Gasteiger partial charge on any atom is -0.329 e. The van der Waals surface area contributed by atoms with Gasteiger partial charge < -0.3 is 9.80 Å². The summed E-state index contributed by atoms with van der Waals surface area (Å²) in [5.74, 6) is -0.231. The molecule has 2 amide bonds. The molecule has 0 bridgehead atoms. The zero-order valence-electron chi connectivity index (χ0n) is 12.9. The van der Waals surface area contributed by atoms with Crippen LogP contribution < -0.4 is 0 Å². The zero-order valence-corrected chi connectivity index (χ0v) is 13.7. The topological polar surface area (TPSA) is 74.8 Å². The van der Waals surface area contributed by atoms with Crippen LogP contribution in [-0.2, 0) is 19.4 Å². The highest BCUT2D eigenvalue weighted by molar-refractivity contribution is 7.90. The predicted octanol–water partition coefficient (Wildman–Crippen LogP) is 0.279. The maximum atomic E-state index is 12.7. The van der Waals surface area contributed by atoms with E-state index in [-0.39, 0.29) is 36.1 Å². The van der Waals surface area contributed by atoms with Crippen LogP contribution in [0.5, 0.6) is 0 Å². The van der Waals surface area contributed by atoms with E-state index in [9.17, 15) is 18.0 Å². The average Bonchev–Trinajstić information content (AvgIpc) is 2.39. The number of piperazine rings is 1. The second-order valence-corrected chi connectivity index (χ2v) is 8.65. The molecule has 7 heteroatoms. The molecule has 2 fully saturated rings. The lowest BCUT2D eigenvalue weighted by atomic mass is 9.91. The first-order chi connectivity index (χ1) is 9.72. The molecule has 120 valence electrons. The van der Waals surface area contributed by atoms with Crippen LogP contribution in [0.15, 0.2) is 0 Å². The number of hydrogen-bond acceptors (Lipinski definition) is 4. The van der Waals surface area contributed by atoms with Crippen molar-refractivity contribution in [2.45, 2.75) is 45.2 Å². The smallest absolute Gasteiger partial charge is 0.246 e. The van der Waals surface area contributed by atoms with Crippen molar-refractivity contribution in [3.63, 3.8) is 0 Å². The molecule has 0 aromatic carbocycles. The number of sulfone groups is 1. The molecular weight excluding hydrogens is 292 g/mol. The molecule has 0 aromatic heterocycles. The van der Waals surface area contributed by atoms with Gasteiger partial charge in [0.15, 0.2) is 0 Å². The van der Waals surface area contributed by atoms with Gasteiger partial charge in [0.25, 0.3) is 0 Å². The summed E-state index contributed by atoms with van der Waals surface area (Å²) in [6.07, 6.45) is 3.71. The van der Waals surface area contributed by atoms with E-state index in [4.69, 9.17) is 0 Å². The monoisotopic (exact) mass is 316 g/mol. The van der Waals surface area contributed by atoms with Gasteiger partial charge in [0.1, 0.15) is 21.9 Å². The molecule has 2 atom stereocenters. The summed E-state index contributed by atoms with van der Waals surface area (Å²) in [7, 11) is -3.16. The quantitative estimate of drug-likeness (QED) is 0.746. The number of amides is 2. The molecule has 2 saturated heterocycles. The first-order valence-corrected chi connectivity index (χ1v) is 9.57. The Morgan fingerprint density at radius 3 is 2.43 bits per heavy atom. The zero-order chi connectivity index (χ0) is 15.8. The minimum absolute atomic E-state index is 0.0242. The van der Waals surface area contributed by atoms with Crippen LogP contribution in [-0.4, -0.2) is 67.2 Å². The lowest BCUT2D eigenvalue weighted by Gasteiger charge is -2.48. The molecule has 0 aliphatic carbocycles. The molecule has 0 aromatic rings. The number of fused-ring (bicyclic) bond motifs is 1. The van der Waals surface area contributed by atoms with Gasteiger partial charge in [-0.05, 0) is 25.2 Å². The highest BCUT2D eigenvalue weighted by Crippen LogP contribution is 2.29. The van der Waals surface area contributed by atoms with Crippen molar-refractivity contribution in [1.29, 1.82) is 0 Å². The van der Waals surface area contributed by atoms with Gasteiger partial charge in [-0.3, -0.25) is 9.59 Å². The average molecular weight is 316 g/mol. The van der Waals surface area contributed by atoms with Gasteiger partial charge in [-0.25, -0.2) is 8.42 Å². The number of hydrogen-bond donors (Lipinski definition) is 0. The second-order valence-electron chi connectivity index (χ2n) is 6.39. The maximum absolute atomic E-state index is 12.7. The normalized spacial score (nSPS) is 27.2. The van der Waals surface area contributed by atoms with Gasteiger partial charge in [-0.1, -0.05) is 13.8 Å². The van der Waals surface area contributed by atoms with E-state index in [1.54, 1.807) is 4.90 Å². The second kappa shape index (κ2) is 5.94. The van der Waals surface area contributed by atoms with Crippen molar-refractivity contribution in [2.75, 3.05) is 25.1 Å². The molecule has 0 spiro atoms. The lowest BCUT2D eigenvalue weighted by Crippen LogP contribution is -2.67. The molecule has 2 aliphatic rings. The van der Waals surface area contributed by atoms with Crippen LogP contribution in [0, 0.1) is 5.92 Å². The van der Waals surface area contributed by atoms with Crippen molar-refractivity contribution in [1.82, 2.24) is 9.80 Å². The van der Waals surface area contributed by atoms with Gasteiger partial charge in [0.05, 0.1) is 5.75 Å². The molecule has 0 N–H and O–H groups in total. The van der Waals surface area contributed by atoms with E-state index < -0.39 is 15.9 Å². The molecule has 0 saturated carbocycles. The first-order valence-electron chi connectivity index (χ1n) is 7.51. The Labute approximate surface area is 126 Å². The van der Waals surface area contributed by atoms with Crippen LogP contribution in [0.2, 0.25) is 0 Å².